The van der Waals surface area contributed by atoms with Crippen molar-refractivity contribution in [2.45, 2.75) is 17.4 Å². The van der Waals surface area contributed by atoms with Crippen molar-refractivity contribution >= 4 is 34.8 Å². The first kappa shape index (κ1) is 11.1. The molecule has 1 rings (SSSR count). The molecule has 1 atom stereocenters. The number of rotatable bonds is 2. The molecule has 0 saturated carbocycles. The molecule has 0 aliphatic carbocycles. The first-order valence-electron chi connectivity index (χ1n) is 3.72. The van der Waals surface area contributed by atoms with E-state index in [0.29, 0.717) is 10.6 Å². The maximum absolute atomic E-state index is 9.64. The molecule has 0 aromatic heterocycles. The summed E-state index contributed by atoms with van der Waals surface area (Å²) in [6, 6.07) is 6.74. The highest BCUT2D eigenvalue weighted by atomic mass is 35.5. The van der Waals surface area contributed by atoms with E-state index in [1.165, 1.54) is 6.92 Å². The lowest BCUT2D eigenvalue weighted by Gasteiger charge is -2.21. The lowest BCUT2D eigenvalue weighted by molar-refractivity contribution is 0.164. The Balaban J connectivity index is 2.90. The van der Waals surface area contributed by atoms with Gasteiger partial charge in [0.05, 0.1) is 0 Å². The van der Waals surface area contributed by atoms with Gasteiger partial charge in [0.2, 0.25) is 0 Å². The largest absolute Gasteiger partial charge is 0.385 e. The van der Waals surface area contributed by atoms with Crippen LogP contribution in [0.15, 0.2) is 24.3 Å². The minimum Gasteiger partial charge on any atom is -0.385 e. The molecule has 0 heterocycles. The molecule has 72 valence electrons. The number of hydrogen-bond donors (Lipinski definition) is 1. The minimum absolute atomic E-state index is 0.613. The van der Waals surface area contributed by atoms with Gasteiger partial charge in [-0.25, -0.2) is 0 Å². The Morgan fingerprint density at radius 2 is 1.69 bits per heavy atom. The Kier molecular flexibility index (Phi) is 3.47. The Labute approximate surface area is 92.2 Å². The van der Waals surface area contributed by atoms with E-state index in [1.807, 2.05) is 0 Å². The number of aliphatic hydroxyl groups excluding tert-OH is 1. The van der Waals surface area contributed by atoms with Gasteiger partial charge in [-0.2, -0.15) is 0 Å². The highest BCUT2D eigenvalue weighted by molar-refractivity contribution is 6.48. The van der Waals surface area contributed by atoms with Crippen LogP contribution in [0.1, 0.15) is 18.6 Å². The van der Waals surface area contributed by atoms with Gasteiger partial charge in [-0.1, -0.05) is 46.9 Å². The number of halogens is 3. The summed E-state index contributed by atoms with van der Waals surface area (Å²) in [5, 5.41) is 10.3. The van der Waals surface area contributed by atoms with Crippen LogP contribution in [0, 0.1) is 0 Å². The molecular weight excluding hydrogens is 230 g/mol. The van der Waals surface area contributed by atoms with Crippen LogP contribution in [0.3, 0.4) is 0 Å². The minimum atomic E-state index is -1.19. The van der Waals surface area contributed by atoms with Gasteiger partial charge in [-0.3, -0.25) is 0 Å². The first-order valence-corrected chi connectivity index (χ1v) is 4.86. The second kappa shape index (κ2) is 4.05. The SMILES string of the molecule is CC(Cl)(Cl)C(O)c1ccc(Cl)cc1. The quantitative estimate of drug-likeness (QED) is 0.782. The zero-order chi connectivity index (χ0) is 10.1. The average molecular weight is 240 g/mol. The standard InChI is InChI=1S/C9H9Cl3O/c1-9(11,12)8(13)6-2-4-7(10)5-3-6/h2-5,8,13H,1H3. The molecule has 1 aromatic rings. The molecule has 0 amide bonds. The fourth-order valence-electron chi connectivity index (χ4n) is 0.938. The van der Waals surface area contributed by atoms with E-state index in [2.05, 4.69) is 0 Å². The van der Waals surface area contributed by atoms with E-state index in [9.17, 15) is 5.11 Å². The number of aliphatic hydroxyl groups is 1. The predicted octanol–water partition coefficient (Wildman–Crippen LogP) is 3.57. The van der Waals surface area contributed by atoms with Crippen LogP contribution in [-0.4, -0.2) is 9.44 Å². The zero-order valence-electron chi connectivity index (χ0n) is 6.97. The van der Waals surface area contributed by atoms with Crippen LogP contribution >= 0.6 is 34.8 Å². The van der Waals surface area contributed by atoms with Crippen LogP contribution < -0.4 is 0 Å². The highest BCUT2D eigenvalue weighted by Crippen LogP contribution is 2.35. The lowest BCUT2D eigenvalue weighted by atomic mass is 10.1. The Morgan fingerprint density at radius 1 is 1.23 bits per heavy atom. The van der Waals surface area contributed by atoms with Crippen LogP contribution in [0.2, 0.25) is 5.02 Å². The fourth-order valence-corrected chi connectivity index (χ4v) is 1.32. The van der Waals surface area contributed by atoms with Crippen molar-refractivity contribution in [2.24, 2.45) is 0 Å². The molecule has 0 spiro atoms. The van der Waals surface area contributed by atoms with Crippen LogP contribution in [0.4, 0.5) is 0 Å². The molecule has 4 heteroatoms. The second-order valence-electron chi connectivity index (χ2n) is 2.91. The molecule has 0 aliphatic heterocycles. The van der Waals surface area contributed by atoms with E-state index < -0.39 is 10.4 Å². The van der Waals surface area contributed by atoms with Crippen molar-refractivity contribution in [3.05, 3.63) is 34.9 Å². The summed E-state index contributed by atoms with van der Waals surface area (Å²) in [7, 11) is 0. The van der Waals surface area contributed by atoms with Crippen LogP contribution in [0.25, 0.3) is 0 Å². The molecular formula is C9H9Cl3O. The third kappa shape index (κ3) is 3.03. The van der Waals surface area contributed by atoms with Crippen molar-refractivity contribution in [3.63, 3.8) is 0 Å². The van der Waals surface area contributed by atoms with Crippen molar-refractivity contribution in [2.75, 3.05) is 0 Å². The second-order valence-corrected chi connectivity index (χ2v) is 5.11. The predicted molar refractivity (Wildman–Crippen MR) is 56.5 cm³/mol. The number of alkyl halides is 2. The number of benzene rings is 1. The van der Waals surface area contributed by atoms with Gasteiger partial charge in [-0.15, -0.1) is 0 Å². The summed E-state index contributed by atoms with van der Waals surface area (Å²) >= 11 is 17.2. The van der Waals surface area contributed by atoms with Gasteiger partial charge in [-0.05, 0) is 24.6 Å². The fraction of sp³-hybridized carbons (Fsp3) is 0.333. The molecule has 0 fully saturated rings. The zero-order valence-corrected chi connectivity index (χ0v) is 9.24. The third-order valence-corrected chi connectivity index (χ3v) is 2.33. The average Bonchev–Trinajstić information content (AvgIpc) is 2.03. The van der Waals surface area contributed by atoms with E-state index in [0.717, 1.165) is 0 Å². The van der Waals surface area contributed by atoms with Gasteiger partial charge in [0.15, 0.2) is 0 Å². The molecule has 1 aromatic carbocycles. The summed E-state index contributed by atoms with van der Waals surface area (Å²) in [4.78, 5) is 0. The third-order valence-electron chi connectivity index (χ3n) is 1.67. The molecule has 1 nitrogen and oxygen atoms in total. The van der Waals surface area contributed by atoms with E-state index in [1.54, 1.807) is 24.3 Å². The summed E-state index contributed by atoms with van der Waals surface area (Å²) in [6.07, 6.45) is -0.909. The maximum atomic E-state index is 9.64. The molecule has 0 aliphatic rings. The summed E-state index contributed by atoms with van der Waals surface area (Å²) in [5.74, 6) is 0. The molecule has 1 unspecified atom stereocenters. The van der Waals surface area contributed by atoms with E-state index >= 15 is 0 Å². The molecule has 13 heavy (non-hydrogen) atoms. The normalized spacial score (nSPS) is 14.2. The molecule has 1 N–H and O–H groups in total. The Hall–Kier alpha value is 0.0500. The monoisotopic (exact) mass is 238 g/mol. The van der Waals surface area contributed by atoms with Crippen molar-refractivity contribution in [1.82, 2.24) is 0 Å². The first-order chi connectivity index (χ1) is 5.91. The van der Waals surface area contributed by atoms with Crippen molar-refractivity contribution < 1.29 is 5.11 Å². The Bertz CT molecular complexity index is 276. The van der Waals surface area contributed by atoms with Crippen LogP contribution in [-0.2, 0) is 0 Å². The number of hydrogen-bond acceptors (Lipinski definition) is 1. The molecule has 0 saturated heterocycles. The van der Waals surface area contributed by atoms with Gasteiger partial charge < -0.3 is 5.11 Å². The smallest absolute Gasteiger partial charge is 0.145 e. The topological polar surface area (TPSA) is 20.2 Å². The molecule has 0 radical (unpaired) electrons. The van der Waals surface area contributed by atoms with Crippen LogP contribution in [0.5, 0.6) is 0 Å². The van der Waals surface area contributed by atoms with Crippen molar-refractivity contribution in [3.8, 4) is 0 Å². The van der Waals surface area contributed by atoms with Gasteiger partial charge >= 0.3 is 0 Å². The van der Waals surface area contributed by atoms with Gasteiger partial charge in [0, 0.05) is 5.02 Å². The maximum Gasteiger partial charge on any atom is 0.145 e. The Morgan fingerprint density at radius 3 is 2.08 bits per heavy atom. The summed E-state index contributed by atoms with van der Waals surface area (Å²) in [6.45, 7) is 1.54. The van der Waals surface area contributed by atoms with E-state index in [4.69, 9.17) is 34.8 Å². The van der Waals surface area contributed by atoms with E-state index in [-0.39, 0.29) is 0 Å². The van der Waals surface area contributed by atoms with Gasteiger partial charge in [0.25, 0.3) is 0 Å². The highest BCUT2D eigenvalue weighted by Gasteiger charge is 2.28. The molecule has 0 bridgehead atoms. The van der Waals surface area contributed by atoms with Gasteiger partial charge in [0.1, 0.15) is 10.4 Å². The summed E-state index contributed by atoms with van der Waals surface area (Å²) in [5.41, 5.74) is 0.650. The lowest BCUT2D eigenvalue weighted by Crippen LogP contribution is -2.18. The van der Waals surface area contributed by atoms with Crippen molar-refractivity contribution in [1.29, 1.82) is 0 Å². The summed E-state index contributed by atoms with van der Waals surface area (Å²) < 4.78 is -1.19.